The van der Waals surface area contributed by atoms with Crippen LogP contribution < -0.4 is 0 Å². The Morgan fingerprint density at radius 3 is 2.65 bits per heavy atom. The van der Waals surface area contributed by atoms with Crippen LogP contribution in [0.2, 0.25) is 0 Å². The molecule has 1 amide bonds. The van der Waals surface area contributed by atoms with Gasteiger partial charge in [-0.15, -0.1) is 0 Å². The number of carbonyl (C=O) groups excluding carboxylic acids is 3. The van der Waals surface area contributed by atoms with Crippen LogP contribution in [-0.4, -0.2) is 65.5 Å². The summed E-state index contributed by atoms with van der Waals surface area (Å²) >= 11 is 0. The van der Waals surface area contributed by atoms with E-state index in [1.165, 1.54) is 18.8 Å². The van der Waals surface area contributed by atoms with Crippen LogP contribution >= 0.6 is 0 Å². The van der Waals surface area contributed by atoms with E-state index in [4.69, 9.17) is 9.47 Å². The summed E-state index contributed by atoms with van der Waals surface area (Å²) in [6, 6.07) is 6.71. The topological polar surface area (TPSA) is 98.1 Å². The summed E-state index contributed by atoms with van der Waals surface area (Å²) in [6.45, 7) is 2.01. The van der Waals surface area contributed by atoms with Crippen LogP contribution in [0.5, 0.6) is 0 Å². The smallest absolute Gasteiger partial charge is 0.418 e. The second kappa shape index (κ2) is 6.68. The van der Waals surface area contributed by atoms with E-state index in [2.05, 4.69) is 0 Å². The Morgan fingerprint density at radius 2 is 1.97 bits per heavy atom. The average Bonchev–Trinajstić information content (AvgIpc) is 3.05. The molecular weight excluding hydrogens is 400 g/mol. The molecule has 1 aromatic carbocycles. The van der Waals surface area contributed by atoms with Gasteiger partial charge in [0.25, 0.3) is 0 Å². The Kier molecular flexibility index (Phi) is 4.27. The number of hydrogen-bond acceptors (Lipinski definition) is 6. The van der Waals surface area contributed by atoms with E-state index >= 15 is 0 Å². The number of ether oxygens (including phenoxy) is 2. The van der Waals surface area contributed by atoms with Gasteiger partial charge in [0.2, 0.25) is 5.91 Å². The summed E-state index contributed by atoms with van der Waals surface area (Å²) in [4.78, 5) is 41.4. The Balaban J connectivity index is 1.93. The van der Waals surface area contributed by atoms with Crippen molar-refractivity contribution >= 4 is 28.9 Å². The highest BCUT2D eigenvalue weighted by Crippen LogP contribution is 2.54. The highest BCUT2D eigenvalue weighted by molar-refractivity contribution is 6.00. The van der Waals surface area contributed by atoms with Gasteiger partial charge in [-0.2, -0.15) is 0 Å². The lowest BCUT2D eigenvalue weighted by molar-refractivity contribution is -0.160. The van der Waals surface area contributed by atoms with Crippen LogP contribution in [0.4, 0.5) is 4.79 Å². The van der Waals surface area contributed by atoms with Crippen molar-refractivity contribution in [3.8, 4) is 0 Å². The fourth-order valence-electron chi connectivity index (χ4n) is 5.92. The number of para-hydroxylation sites is 1. The summed E-state index contributed by atoms with van der Waals surface area (Å²) in [6.07, 6.45) is 0.969. The molecule has 8 heteroatoms. The monoisotopic (exact) mass is 424 g/mol. The number of esters is 1. The molecule has 4 unspecified atom stereocenters. The Bertz CT molecular complexity index is 1160. The van der Waals surface area contributed by atoms with Crippen molar-refractivity contribution in [2.24, 2.45) is 5.92 Å². The lowest BCUT2D eigenvalue weighted by Gasteiger charge is -2.53. The number of fused-ring (bicyclic) bond motifs is 3. The molecule has 8 nitrogen and oxygen atoms in total. The van der Waals surface area contributed by atoms with Crippen LogP contribution in [0.15, 0.2) is 35.9 Å². The highest BCUT2D eigenvalue weighted by Gasteiger charge is 2.65. The molecule has 1 aromatic heterocycles. The van der Waals surface area contributed by atoms with E-state index < -0.39 is 35.5 Å². The van der Waals surface area contributed by atoms with E-state index in [1.807, 2.05) is 24.3 Å². The minimum Gasteiger partial charge on any atom is -0.468 e. The van der Waals surface area contributed by atoms with Crippen LogP contribution in [0.25, 0.3) is 10.9 Å². The minimum atomic E-state index is -1.33. The number of aliphatic hydroxyl groups excluding tert-OH is 1. The van der Waals surface area contributed by atoms with Gasteiger partial charge in [0.05, 0.1) is 43.5 Å². The number of amides is 1. The fourth-order valence-corrected chi connectivity index (χ4v) is 5.92. The minimum absolute atomic E-state index is 0.0620. The third-order valence-corrected chi connectivity index (χ3v) is 7.02. The summed E-state index contributed by atoms with van der Waals surface area (Å²) in [5, 5.41) is 11.4. The average molecular weight is 424 g/mol. The fraction of sp³-hybridized carbons (Fsp3) is 0.435. The second-order valence-corrected chi connectivity index (χ2v) is 8.45. The molecule has 2 aromatic rings. The molecule has 31 heavy (non-hydrogen) atoms. The van der Waals surface area contributed by atoms with Crippen molar-refractivity contribution < 1.29 is 29.0 Å². The standard InChI is InChI=1S/C23H24N2O6/c1-12(26)16-10-13-11-23(21(28)30-2)18(16)24(20(13)27)9-8-15-14-6-4-5-7-17(14)25(19(15)23)22(29)31-3/h4-7,10,12-13,18,26H,8-9,11H2,1-3H3. The number of aromatic nitrogens is 1. The maximum absolute atomic E-state index is 13.6. The lowest BCUT2D eigenvalue weighted by atomic mass is 9.60. The van der Waals surface area contributed by atoms with Crippen molar-refractivity contribution in [3.63, 3.8) is 0 Å². The SMILES string of the molecule is COC(=O)n1c2c(c3ccccc31)CCN1C(=O)C3C=C(C(C)O)C1C2(C(=O)OC)C3. The number of rotatable bonds is 2. The first kappa shape index (κ1) is 19.8. The van der Waals surface area contributed by atoms with E-state index in [1.54, 1.807) is 17.9 Å². The molecule has 4 aliphatic rings. The number of aliphatic hydroxyl groups is 1. The Hall–Kier alpha value is -3.13. The molecule has 1 saturated heterocycles. The summed E-state index contributed by atoms with van der Waals surface area (Å²) in [7, 11) is 2.61. The van der Waals surface area contributed by atoms with Gasteiger partial charge in [-0.25, -0.2) is 9.36 Å². The third-order valence-electron chi connectivity index (χ3n) is 7.02. The first-order valence-corrected chi connectivity index (χ1v) is 10.4. The van der Waals surface area contributed by atoms with Crippen molar-refractivity contribution in [1.29, 1.82) is 0 Å². The lowest BCUT2D eigenvalue weighted by Crippen LogP contribution is -2.67. The number of carbonyl (C=O) groups is 3. The summed E-state index contributed by atoms with van der Waals surface area (Å²) in [5.41, 5.74) is 1.26. The first-order chi connectivity index (χ1) is 14.9. The van der Waals surface area contributed by atoms with Crippen LogP contribution in [0.1, 0.15) is 24.6 Å². The van der Waals surface area contributed by atoms with Gasteiger partial charge in [0, 0.05) is 11.9 Å². The van der Waals surface area contributed by atoms with Crippen molar-refractivity contribution in [2.45, 2.75) is 37.3 Å². The summed E-state index contributed by atoms with van der Waals surface area (Å²) < 4.78 is 11.9. The highest BCUT2D eigenvalue weighted by atomic mass is 16.5. The molecule has 1 fully saturated rings. The number of piperidine rings is 1. The first-order valence-electron chi connectivity index (χ1n) is 10.4. The molecule has 3 aliphatic heterocycles. The van der Waals surface area contributed by atoms with Crippen LogP contribution in [0, 0.1) is 5.92 Å². The van der Waals surface area contributed by atoms with Gasteiger partial charge in [0.15, 0.2) is 0 Å². The van der Waals surface area contributed by atoms with E-state index in [0.29, 0.717) is 29.7 Å². The quantitative estimate of drug-likeness (QED) is 0.583. The maximum atomic E-state index is 13.6. The molecule has 0 radical (unpaired) electrons. The van der Waals surface area contributed by atoms with Gasteiger partial charge in [-0.05, 0) is 37.0 Å². The van der Waals surface area contributed by atoms with Gasteiger partial charge < -0.3 is 19.5 Å². The van der Waals surface area contributed by atoms with Crippen LogP contribution in [-0.2, 0) is 30.9 Å². The van der Waals surface area contributed by atoms with Crippen molar-refractivity contribution in [2.75, 3.05) is 20.8 Å². The molecular formula is C23H24N2O6. The Morgan fingerprint density at radius 1 is 1.23 bits per heavy atom. The molecule has 4 atom stereocenters. The van der Waals surface area contributed by atoms with E-state index in [9.17, 15) is 19.5 Å². The number of benzene rings is 1. The predicted molar refractivity (Wildman–Crippen MR) is 111 cm³/mol. The zero-order valence-corrected chi connectivity index (χ0v) is 17.6. The van der Waals surface area contributed by atoms with E-state index in [-0.39, 0.29) is 12.3 Å². The zero-order chi connectivity index (χ0) is 22.1. The normalized spacial score (nSPS) is 27.4. The Labute approximate surface area is 179 Å². The second-order valence-electron chi connectivity index (χ2n) is 8.45. The van der Waals surface area contributed by atoms with E-state index in [0.717, 1.165) is 10.9 Å². The molecule has 1 aliphatic carbocycles. The van der Waals surface area contributed by atoms with Gasteiger partial charge in [-0.1, -0.05) is 24.3 Å². The van der Waals surface area contributed by atoms with Crippen molar-refractivity contribution in [1.82, 2.24) is 9.47 Å². The van der Waals surface area contributed by atoms with Gasteiger partial charge in [-0.3, -0.25) is 9.59 Å². The molecule has 0 spiro atoms. The van der Waals surface area contributed by atoms with Gasteiger partial charge >= 0.3 is 12.1 Å². The number of hydrogen-bond donors (Lipinski definition) is 1. The maximum Gasteiger partial charge on any atom is 0.418 e. The molecule has 0 saturated carbocycles. The molecule has 4 bridgehead atoms. The predicted octanol–water partition coefficient (Wildman–Crippen LogP) is 1.76. The molecule has 162 valence electrons. The largest absolute Gasteiger partial charge is 0.468 e. The summed E-state index contributed by atoms with van der Waals surface area (Å²) in [5.74, 6) is -1.17. The molecule has 1 N–H and O–H groups in total. The van der Waals surface area contributed by atoms with Crippen LogP contribution in [0.3, 0.4) is 0 Å². The number of methoxy groups -OCH3 is 2. The third kappa shape index (κ3) is 2.36. The van der Waals surface area contributed by atoms with Gasteiger partial charge in [0.1, 0.15) is 5.41 Å². The molecule has 6 rings (SSSR count). The zero-order valence-electron chi connectivity index (χ0n) is 17.6. The molecule has 4 heterocycles. The number of nitrogens with zero attached hydrogens (tertiary/aromatic N) is 2. The van der Waals surface area contributed by atoms with Crippen molar-refractivity contribution in [3.05, 3.63) is 47.2 Å².